The van der Waals surface area contributed by atoms with Crippen LogP contribution in [0.5, 0.6) is 0 Å². The van der Waals surface area contributed by atoms with Gasteiger partial charge in [-0.05, 0) is 23.1 Å². The van der Waals surface area contributed by atoms with E-state index in [0.717, 1.165) is 16.7 Å². The first kappa shape index (κ1) is 17.5. The molecule has 0 radical (unpaired) electrons. The van der Waals surface area contributed by atoms with Gasteiger partial charge in [0.15, 0.2) is 0 Å². The van der Waals surface area contributed by atoms with Crippen molar-refractivity contribution in [2.75, 3.05) is 0 Å². The first-order valence-corrected chi connectivity index (χ1v) is 9.36. The van der Waals surface area contributed by atoms with Crippen LogP contribution in [-0.4, -0.2) is 22.0 Å². The molecule has 1 atom stereocenters. The maximum absolute atomic E-state index is 12.7. The first-order chi connectivity index (χ1) is 13.2. The number of benzene rings is 3. The number of nitrogens with zero attached hydrogens (tertiary/aromatic N) is 1. The second kappa shape index (κ2) is 7.37. The number of hydrogen-bond acceptors (Lipinski definition) is 2. The highest BCUT2D eigenvalue weighted by Crippen LogP contribution is 2.41. The lowest BCUT2D eigenvalue weighted by atomic mass is 9.79. The van der Waals surface area contributed by atoms with Crippen LogP contribution in [0.3, 0.4) is 0 Å². The quantitative estimate of drug-likeness (QED) is 0.746. The maximum Gasteiger partial charge on any atom is 0.223 e. The third kappa shape index (κ3) is 3.26. The van der Waals surface area contributed by atoms with Gasteiger partial charge in [0.25, 0.3) is 0 Å². The molecule has 0 aliphatic carbocycles. The molecule has 1 heterocycles. The van der Waals surface area contributed by atoms with Crippen molar-refractivity contribution in [2.45, 2.75) is 31.0 Å². The fourth-order valence-electron chi connectivity index (χ4n) is 4.08. The average molecular weight is 357 g/mol. The summed E-state index contributed by atoms with van der Waals surface area (Å²) in [5, 5.41) is 12.0. The minimum atomic E-state index is -1.25. The van der Waals surface area contributed by atoms with Crippen molar-refractivity contribution in [1.29, 1.82) is 0 Å². The summed E-state index contributed by atoms with van der Waals surface area (Å²) >= 11 is 0. The highest BCUT2D eigenvalue weighted by Gasteiger charge is 2.47. The van der Waals surface area contributed by atoms with Crippen LogP contribution in [0, 0.1) is 0 Å². The molecular formula is C24H23NO2. The van der Waals surface area contributed by atoms with Gasteiger partial charge in [0.05, 0.1) is 6.04 Å². The number of hydrogen-bond donors (Lipinski definition) is 1. The number of rotatable bonds is 5. The van der Waals surface area contributed by atoms with Crippen molar-refractivity contribution in [3.8, 4) is 0 Å². The van der Waals surface area contributed by atoms with Gasteiger partial charge in [0, 0.05) is 13.0 Å². The summed E-state index contributed by atoms with van der Waals surface area (Å²) < 4.78 is 0. The maximum atomic E-state index is 12.7. The minimum absolute atomic E-state index is 0.0918. The second-order valence-corrected chi connectivity index (χ2v) is 7.06. The molecule has 0 bridgehead atoms. The van der Waals surface area contributed by atoms with Crippen LogP contribution in [0.2, 0.25) is 0 Å². The van der Waals surface area contributed by atoms with Gasteiger partial charge in [-0.15, -0.1) is 0 Å². The van der Waals surface area contributed by atoms with Crippen LogP contribution < -0.4 is 0 Å². The van der Waals surface area contributed by atoms with Gasteiger partial charge in [-0.2, -0.15) is 0 Å². The van der Waals surface area contributed by atoms with Crippen molar-refractivity contribution in [3.63, 3.8) is 0 Å². The minimum Gasteiger partial charge on any atom is -0.378 e. The molecule has 0 spiro atoms. The van der Waals surface area contributed by atoms with Gasteiger partial charge < -0.3 is 10.0 Å². The molecule has 27 heavy (non-hydrogen) atoms. The Morgan fingerprint density at radius 3 is 1.81 bits per heavy atom. The van der Waals surface area contributed by atoms with E-state index in [1.165, 1.54) is 0 Å². The van der Waals surface area contributed by atoms with Gasteiger partial charge in [0.2, 0.25) is 5.91 Å². The van der Waals surface area contributed by atoms with Gasteiger partial charge in [-0.3, -0.25) is 4.79 Å². The zero-order valence-corrected chi connectivity index (χ0v) is 15.2. The molecule has 136 valence electrons. The van der Waals surface area contributed by atoms with Crippen LogP contribution in [-0.2, 0) is 16.9 Å². The van der Waals surface area contributed by atoms with E-state index in [0.29, 0.717) is 19.4 Å². The fraction of sp³-hybridized carbons (Fsp3) is 0.208. The van der Waals surface area contributed by atoms with Gasteiger partial charge in [0.1, 0.15) is 5.60 Å². The third-order valence-electron chi connectivity index (χ3n) is 5.43. The Hall–Kier alpha value is -2.91. The Bertz CT molecular complexity index is 854. The van der Waals surface area contributed by atoms with Crippen LogP contribution in [0.1, 0.15) is 29.5 Å². The van der Waals surface area contributed by atoms with Crippen LogP contribution >= 0.6 is 0 Å². The average Bonchev–Trinajstić information content (AvgIpc) is 3.10. The zero-order valence-electron chi connectivity index (χ0n) is 15.2. The van der Waals surface area contributed by atoms with Crippen molar-refractivity contribution in [1.82, 2.24) is 4.90 Å². The predicted octanol–water partition coefficient (Wildman–Crippen LogP) is 4.11. The van der Waals surface area contributed by atoms with E-state index < -0.39 is 5.60 Å². The molecule has 0 aromatic heterocycles. The smallest absolute Gasteiger partial charge is 0.223 e. The number of carbonyl (C=O) groups excluding carboxylic acids is 1. The van der Waals surface area contributed by atoms with Crippen LogP contribution in [0.4, 0.5) is 0 Å². The highest BCUT2D eigenvalue weighted by atomic mass is 16.3. The fourth-order valence-corrected chi connectivity index (χ4v) is 4.08. The Kier molecular flexibility index (Phi) is 4.78. The van der Waals surface area contributed by atoms with Crippen molar-refractivity contribution < 1.29 is 9.90 Å². The molecular weight excluding hydrogens is 334 g/mol. The molecule has 1 N–H and O–H groups in total. The summed E-state index contributed by atoms with van der Waals surface area (Å²) in [4.78, 5) is 14.6. The van der Waals surface area contributed by atoms with E-state index in [1.54, 1.807) is 0 Å². The van der Waals surface area contributed by atoms with Crippen LogP contribution in [0.25, 0.3) is 0 Å². The lowest BCUT2D eigenvalue weighted by molar-refractivity contribution is -0.133. The summed E-state index contributed by atoms with van der Waals surface area (Å²) in [5.41, 5.74) is 1.45. The number of amides is 1. The lowest BCUT2D eigenvalue weighted by Crippen LogP contribution is -2.49. The molecule has 4 rings (SSSR count). The van der Waals surface area contributed by atoms with Gasteiger partial charge >= 0.3 is 0 Å². The molecule has 3 aromatic carbocycles. The molecule has 1 unspecified atom stereocenters. The molecule has 1 aliphatic rings. The second-order valence-electron chi connectivity index (χ2n) is 7.06. The molecule has 3 aromatic rings. The van der Waals surface area contributed by atoms with Gasteiger partial charge in [-0.25, -0.2) is 0 Å². The SMILES string of the molecule is O=C1CCC(C(O)(c2ccccc2)c2ccccc2)N1Cc1ccccc1. The summed E-state index contributed by atoms with van der Waals surface area (Å²) in [6.07, 6.45) is 1.09. The standard InChI is InChI=1S/C24H23NO2/c26-23-17-16-22(25(23)18-19-10-4-1-5-11-19)24(27,20-12-6-2-7-13-20)21-14-8-3-9-15-21/h1-15,22,27H,16-18H2. The summed E-state index contributed by atoms with van der Waals surface area (Å²) in [5.74, 6) is 0.0918. The van der Waals surface area contributed by atoms with E-state index in [2.05, 4.69) is 0 Å². The monoisotopic (exact) mass is 357 g/mol. The van der Waals surface area contributed by atoms with E-state index in [4.69, 9.17) is 0 Å². The van der Waals surface area contributed by atoms with E-state index >= 15 is 0 Å². The van der Waals surface area contributed by atoms with Crippen molar-refractivity contribution >= 4 is 5.91 Å². The molecule has 0 saturated carbocycles. The number of carbonyl (C=O) groups is 1. The number of likely N-dealkylation sites (tertiary alicyclic amines) is 1. The van der Waals surface area contributed by atoms with E-state index in [1.807, 2.05) is 95.9 Å². The molecule has 3 nitrogen and oxygen atoms in total. The first-order valence-electron chi connectivity index (χ1n) is 9.36. The van der Waals surface area contributed by atoms with E-state index in [9.17, 15) is 9.90 Å². The molecule has 1 aliphatic heterocycles. The Morgan fingerprint density at radius 1 is 0.815 bits per heavy atom. The highest BCUT2D eigenvalue weighted by molar-refractivity contribution is 5.79. The molecule has 1 fully saturated rings. The van der Waals surface area contributed by atoms with Crippen molar-refractivity contribution in [3.05, 3.63) is 108 Å². The normalized spacial score (nSPS) is 17.3. The van der Waals surface area contributed by atoms with E-state index in [-0.39, 0.29) is 11.9 Å². The summed E-state index contributed by atoms with van der Waals surface area (Å²) in [6.45, 7) is 0.506. The Balaban J connectivity index is 1.78. The van der Waals surface area contributed by atoms with Gasteiger partial charge in [-0.1, -0.05) is 91.0 Å². The zero-order chi connectivity index (χ0) is 18.7. The summed E-state index contributed by atoms with van der Waals surface area (Å²) in [7, 11) is 0. The Morgan fingerprint density at radius 2 is 1.30 bits per heavy atom. The number of aliphatic hydroxyl groups is 1. The summed E-state index contributed by atoms with van der Waals surface area (Å²) in [6, 6.07) is 29.0. The molecule has 1 saturated heterocycles. The predicted molar refractivity (Wildman–Crippen MR) is 106 cm³/mol. The van der Waals surface area contributed by atoms with Crippen molar-refractivity contribution in [2.24, 2.45) is 0 Å². The van der Waals surface area contributed by atoms with Crippen LogP contribution in [0.15, 0.2) is 91.0 Å². The Labute approximate surface area is 159 Å². The molecule has 1 amide bonds. The molecule has 3 heteroatoms. The third-order valence-corrected chi connectivity index (χ3v) is 5.43. The topological polar surface area (TPSA) is 40.5 Å². The largest absolute Gasteiger partial charge is 0.378 e. The lowest BCUT2D eigenvalue weighted by Gasteiger charge is -2.40.